The van der Waals surface area contributed by atoms with Gasteiger partial charge in [0.2, 0.25) is 5.91 Å². The maximum atomic E-state index is 12.3. The fraction of sp³-hybridized carbons (Fsp3) is 0.632. The molecule has 2 rings (SSSR count). The third-order valence-corrected chi connectivity index (χ3v) is 6.16. The lowest BCUT2D eigenvalue weighted by molar-refractivity contribution is -0.122. The van der Waals surface area contributed by atoms with Gasteiger partial charge in [0, 0.05) is 18.2 Å². The lowest BCUT2D eigenvalue weighted by Crippen LogP contribution is -2.47. The van der Waals surface area contributed by atoms with Crippen molar-refractivity contribution in [2.45, 2.75) is 56.4 Å². The number of hydrogen-bond donors (Lipinski definition) is 2. The normalized spacial score (nSPS) is 19.0. The van der Waals surface area contributed by atoms with Crippen molar-refractivity contribution < 1.29 is 13.2 Å². The van der Waals surface area contributed by atoms with Crippen LogP contribution in [-0.4, -0.2) is 38.9 Å². The van der Waals surface area contributed by atoms with E-state index in [1.165, 1.54) is 18.4 Å². The standard InChI is InChI=1S/C19H30N2O3S/c1-25(23,24)14-11-17(20)18(22)21-15-19(12-7-2-3-8-13-19)16-9-5-4-6-10-16/h4-6,9-10,17H,2-3,7-8,11-15,20H2,1H3,(H,21,22). The van der Waals surface area contributed by atoms with Gasteiger partial charge in [-0.1, -0.05) is 56.0 Å². The van der Waals surface area contributed by atoms with Crippen LogP contribution in [-0.2, 0) is 20.0 Å². The molecule has 1 saturated carbocycles. The fourth-order valence-corrected chi connectivity index (χ4v) is 4.31. The van der Waals surface area contributed by atoms with E-state index in [2.05, 4.69) is 17.4 Å². The molecular formula is C19H30N2O3S. The van der Waals surface area contributed by atoms with Crippen LogP contribution in [0.25, 0.3) is 0 Å². The molecule has 1 aliphatic rings. The van der Waals surface area contributed by atoms with Gasteiger partial charge in [0.25, 0.3) is 0 Å². The number of carbonyl (C=O) groups excluding carboxylic acids is 1. The summed E-state index contributed by atoms with van der Waals surface area (Å²) in [5.41, 5.74) is 7.09. The van der Waals surface area contributed by atoms with E-state index in [-0.39, 0.29) is 23.5 Å². The molecule has 1 amide bonds. The van der Waals surface area contributed by atoms with Gasteiger partial charge < -0.3 is 11.1 Å². The molecule has 6 heteroatoms. The Hall–Kier alpha value is -1.40. The van der Waals surface area contributed by atoms with Crippen molar-refractivity contribution >= 4 is 15.7 Å². The maximum Gasteiger partial charge on any atom is 0.236 e. The summed E-state index contributed by atoms with van der Waals surface area (Å²) >= 11 is 0. The van der Waals surface area contributed by atoms with E-state index in [1.54, 1.807) is 0 Å². The minimum Gasteiger partial charge on any atom is -0.354 e. The Morgan fingerprint density at radius 3 is 2.32 bits per heavy atom. The third kappa shape index (κ3) is 6.12. The van der Waals surface area contributed by atoms with Gasteiger partial charge in [-0.05, 0) is 24.8 Å². The molecule has 1 atom stereocenters. The summed E-state index contributed by atoms with van der Waals surface area (Å²) in [5, 5.41) is 3.00. The minimum absolute atomic E-state index is 0.0516. The molecule has 1 aliphatic carbocycles. The van der Waals surface area contributed by atoms with Crippen molar-refractivity contribution in [2.75, 3.05) is 18.6 Å². The predicted molar refractivity (Wildman–Crippen MR) is 101 cm³/mol. The smallest absolute Gasteiger partial charge is 0.236 e. The Balaban J connectivity index is 2.03. The monoisotopic (exact) mass is 366 g/mol. The second kappa shape index (κ2) is 8.81. The molecule has 0 aliphatic heterocycles. The molecule has 0 heterocycles. The van der Waals surface area contributed by atoms with Crippen molar-refractivity contribution in [2.24, 2.45) is 5.73 Å². The summed E-state index contributed by atoms with van der Waals surface area (Å²) < 4.78 is 22.5. The molecule has 3 N–H and O–H groups in total. The molecule has 0 saturated heterocycles. The highest BCUT2D eigenvalue weighted by Gasteiger charge is 2.33. The van der Waals surface area contributed by atoms with Crippen LogP contribution in [0.15, 0.2) is 30.3 Å². The van der Waals surface area contributed by atoms with Crippen LogP contribution in [0, 0.1) is 0 Å². The molecule has 1 unspecified atom stereocenters. The van der Waals surface area contributed by atoms with Gasteiger partial charge >= 0.3 is 0 Å². The number of carbonyl (C=O) groups is 1. The van der Waals surface area contributed by atoms with Gasteiger partial charge in [0.15, 0.2) is 0 Å². The largest absolute Gasteiger partial charge is 0.354 e. The van der Waals surface area contributed by atoms with Crippen molar-refractivity contribution in [1.82, 2.24) is 5.32 Å². The maximum absolute atomic E-state index is 12.3. The molecule has 1 aromatic carbocycles. The zero-order chi connectivity index (χ0) is 18.3. The van der Waals surface area contributed by atoms with Gasteiger partial charge in [-0.15, -0.1) is 0 Å². The Bertz CT molecular complexity index is 651. The number of amides is 1. The highest BCUT2D eigenvalue weighted by atomic mass is 32.2. The average molecular weight is 367 g/mol. The first kappa shape index (κ1) is 19.9. The van der Waals surface area contributed by atoms with Crippen LogP contribution < -0.4 is 11.1 Å². The van der Waals surface area contributed by atoms with E-state index in [0.717, 1.165) is 31.9 Å². The van der Waals surface area contributed by atoms with E-state index in [9.17, 15) is 13.2 Å². The summed E-state index contributed by atoms with van der Waals surface area (Å²) in [7, 11) is -3.11. The van der Waals surface area contributed by atoms with Gasteiger partial charge in [-0.25, -0.2) is 8.42 Å². The summed E-state index contributed by atoms with van der Waals surface area (Å²) in [6, 6.07) is 9.59. The number of sulfone groups is 1. The first-order valence-corrected chi connectivity index (χ1v) is 11.2. The third-order valence-electron chi connectivity index (χ3n) is 5.18. The molecule has 1 aromatic rings. The van der Waals surface area contributed by atoms with E-state index < -0.39 is 15.9 Å². The minimum atomic E-state index is -3.11. The molecule has 5 nitrogen and oxygen atoms in total. The van der Waals surface area contributed by atoms with E-state index in [0.29, 0.717) is 6.54 Å². The van der Waals surface area contributed by atoms with Gasteiger partial charge in [-0.2, -0.15) is 0 Å². The highest BCUT2D eigenvalue weighted by Crippen LogP contribution is 2.37. The number of hydrogen-bond acceptors (Lipinski definition) is 4. The first-order chi connectivity index (χ1) is 11.8. The first-order valence-electron chi connectivity index (χ1n) is 9.09. The van der Waals surface area contributed by atoms with Crippen molar-refractivity contribution in [3.8, 4) is 0 Å². The number of benzene rings is 1. The SMILES string of the molecule is CS(=O)(=O)CCC(N)C(=O)NCC1(c2ccccc2)CCCCCC1. The molecule has 0 spiro atoms. The molecule has 0 radical (unpaired) electrons. The molecule has 0 bridgehead atoms. The molecular weight excluding hydrogens is 336 g/mol. The fourth-order valence-electron chi connectivity index (χ4n) is 3.62. The topological polar surface area (TPSA) is 89.3 Å². The number of nitrogens with one attached hydrogen (secondary N) is 1. The van der Waals surface area contributed by atoms with Crippen LogP contribution >= 0.6 is 0 Å². The van der Waals surface area contributed by atoms with Crippen molar-refractivity contribution in [1.29, 1.82) is 0 Å². The van der Waals surface area contributed by atoms with Crippen LogP contribution in [0.4, 0.5) is 0 Å². The number of rotatable bonds is 7. The summed E-state index contributed by atoms with van der Waals surface area (Å²) in [4.78, 5) is 12.3. The Morgan fingerprint density at radius 1 is 1.16 bits per heavy atom. The van der Waals surface area contributed by atoms with E-state index >= 15 is 0 Å². The van der Waals surface area contributed by atoms with Gasteiger partial charge in [-0.3, -0.25) is 4.79 Å². The van der Waals surface area contributed by atoms with Gasteiger partial charge in [0.1, 0.15) is 9.84 Å². The molecule has 25 heavy (non-hydrogen) atoms. The van der Waals surface area contributed by atoms with E-state index in [1.807, 2.05) is 18.2 Å². The van der Waals surface area contributed by atoms with Crippen LogP contribution in [0.2, 0.25) is 0 Å². The second-order valence-electron chi connectivity index (χ2n) is 7.30. The van der Waals surface area contributed by atoms with Gasteiger partial charge in [0.05, 0.1) is 11.8 Å². The molecule has 0 aromatic heterocycles. The summed E-state index contributed by atoms with van der Waals surface area (Å²) in [6.07, 6.45) is 8.20. The number of nitrogens with two attached hydrogens (primary N) is 1. The Labute approximate surface area is 151 Å². The summed E-state index contributed by atoms with van der Waals surface area (Å²) in [6.45, 7) is 0.558. The quantitative estimate of drug-likeness (QED) is 0.724. The van der Waals surface area contributed by atoms with E-state index in [4.69, 9.17) is 5.73 Å². The average Bonchev–Trinajstić information content (AvgIpc) is 2.84. The van der Waals surface area contributed by atoms with Crippen LogP contribution in [0.1, 0.15) is 50.5 Å². The van der Waals surface area contributed by atoms with Crippen molar-refractivity contribution in [3.05, 3.63) is 35.9 Å². The molecule has 1 fully saturated rings. The van der Waals surface area contributed by atoms with Crippen molar-refractivity contribution in [3.63, 3.8) is 0 Å². The Kier molecular flexibility index (Phi) is 7.02. The Morgan fingerprint density at radius 2 is 1.76 bits per heavy atom. The zero-order valence-corrected chi connectivity index (χ0v) is 15.9. The lowest BCUT2D eigenvalue weighted by atomic mass is 9.74. The zero-order valence-electron chi connectivity index (χ0n) is 15.0. The lowest BCUT2D eigenvalue weighted by Gasteiger charge is -2.34. The van der Waals surface area contributed by atoms with Crippen LogP contribution in [0.5, 0.6) is 0 Å². The second-order valence-corrected chi connectivity index (χ2v) is 9.56. The summed E-state index contributed by atoms with van der Waals surface area (Å²) in [5.74, 6) is -0.325. The van der Waals surface area contributed by atoms with Crippen LogP contribution in [0.3, 0.4) is 0 Å². The highest BCUT2D eigenvalue weighted by molar-refractivity contribution is 7.90. The molecule has 140 valence electrons. The predicted octanol–water partition coefficient (Wildman–Crippen LogP) is 2.16.